The minimum Gasteiger partial charge on any atom is -0.481 e. The predicted molar refractivity (Wildman–Crippen MR) is 59.7 cm³/mol. The van der Waals surface area contributed by atoms with Gasteiger partial charge in [-0.1, -0.05) is 41.4 Å². The molecule has 82 valence electrons. The molecule has 4 atom stereocenters. The van der Waals surface area contributed by atoms with Crippen LogP contribution in [0.15, 0.2) is 0 Å². The van der Waals surface area contributed by atoms with Gasteiger partial charge in [0.1, 0.15) is 0 Å². The molecule has 0 bridgehead atoms. The van der Waals surface area contributed by atoms with Crippen molar-refractivity contribution >= 4 is 49.4 Å². The molecule has 1 saturated carbocycles. The second-order valence-electron chi connectivity index (χ2n) is 4.11. The molecule has 0 radical (unpaired) electrons. The molecule has 1 aliphatic carbocycles. The van der Waals surface area contributed by atoms with E-state index in [4.69, 9.17) is 16.7 Å². The number of hydrogen-bond donors (Lipinski definition) is 1. The minimum absolute atomic E-state index is 0.304. The van der Waals surface area contributed by atoms with E-state index in [2.05, 4.69) is 31.9 Å². The van der Waals surface area contributed by atoms with Crippen molar-refractivity contribution < 1.29 is 14.3 Å². The maximum atomic E-state index is 13.3. The molecule has 0 aromatic rings. The Morgan fingerprint density at radius 2 is 2.14 bits per heavy atom. The molecule has 2 unspecified atom stereocenters. The van der Waals surface area contributed by atoms with Crippen LogP contribution in [0.25, 0.3) is 0 Å². The minimum atomic E-state index is -2.10. The third kappa shape index (κ3) is 2.09. The summed E-state index contributed by atoms with van der Waals surface area (Å²) in [7, 11) is 0. The van der Waals surface area contributed by atoms with Crippen molar-refractivity contribution in [3.05, 3.63) is 0 Å². The summed E-state index contributed by atoms with van der Waals surface area (Å²) in [5.41, 5.74) is -0.417. The molecule has 0 saturated heterocycles. The summed E-state index contributed by atoms with van der Waals surface area (Å²) in [5, 5.41) is 8.87. The quantitative estimate of drug-likeness (QED) is 0.791. The van der Waals surface area contributed by atoms with Gasteiger partial charge in [-0.25, -0.2) is 4.39 Å². The van der Waals surface area contributed by atoms with E-state index in [1.807, 2.05) is 0 Å². The summed E-state index contributed by atoms with van der Waals surface area (Å²) in [4.78, 5) is 10.1. The van der Waals surface area contributed by atoms with Crippen molar-refractivity contribution in [2.45, 2.75) is 22.7 Å². The number of halogens is 4. The van der Waals surface area contributed by atoms with Crippen molar-refractivity contribution in [3.8, 4) is 0 Å². The zero-order chi connectivity index (χ0) is 11.3. The zero-order valence-electron chi connectivity index (χ0n) is 7.60. The van der Waals surface area contributed by atoms with Crippen LogP contribution in [0, 0.1) is 17.3 Å². The first kappa shape index (κ1) is 12.7. The number of aliphatic carboxylic acids is 1. The Bertz CT molecular complexity index is 265. The molecule has 14 heavy (non-hydrogen) atoms. The van der Waals surface area contributed by atoms with Gasteiger partial charge in [0.15, 0.2) is 0 Å². The average Bonchev–Trinajstić information content (AvgIpc) is 2.49. The molecule has 1 N–H and O–H groups in total. The molecule has 6 heteroatoms. The normalized spacial score (nSPS) is 35.9. The number of carboxylic acid groups (broad SMARTS) is 1. The monoisotopic (exact) mass is 350 g/mol. The molecule has 0 heterocycles. The van der Waals surface area contributed by atoms with Crippen LogP contribution in [-0.2, 0) is 4.79 Å². The largest absolute Gasteiger partial charge is 0.481 e. The van der Waals surface area contributed by atoms with Crippen LogP contribution in [0.5, 0.6) is 0 Å². The van der Waals surface area contributed by atoms with Crippen molar-refractivity contribution in [1.29, 1.82) is 0 Å². The summed E-state index contributed by atoms with van der Waals surface area (Å²) in [6.07, 6.45) is 0. The highest BCUT2D eigenvalue weighted by atomic mass is 79.9. The van der Waals surface area contributed by atoms with Gasteiger partial charge in [-0.15, -0.1) is 0 Å². The fourth-order valence-electron chi connectivity index (χ4n) is 1.90. The van der Waals surface area contributed by atoms with E-state index < -0.39 is 26.2 Å². The van der Waals surface area contributed by atoms with Crippen LogP contribution in [0.1, 0.15) is 13.8 Å². The van der Waals surface area contributed by atoms with E-state index in [0.717, 1.165) is 0 Å². The van der Waals surface area contributed by atoms with Crippen molar-refractivity contribution in [2.75, 3.05) is 0 Å². The first-order valence-electron chi connectivity index (χ1n) is 4.03. The third-order valence-electron chi connectivity index (χ3n) is 2.80. The Labute approximate surface area is 103 Å². The fourth-order valence-corrected chi connectivity index (χ4v) is 3.31. The summed E-state index contributed by atoms with van der Waals surface area (Å²) in [5.74, 6) is -1.75. The molecule has 0 amide bonds. The highest BCUT2D eigenvalue weighted by molar-refractivity contribution is 9.13. The molecular weight excluding hydrogens is 342 g/mol. The van der Waals surface area contributed by atoms with Gasteiger partial charge in [0, 0.05) is 0 Å². The second kappa shape index (κ2) is 3.59. The van der Waals surface area contributed by atoms with Crippen molar-refractivity contribution in [3.63, 3.8) is 0 Å². The fraction of sp³-hybridized carbons (Fsp3) is 0.875. The lowest BCUT2D eigenvalue weighted by Crippen LogP contribution is -2.24. The predicted octanol–water partition coefficient (Wildman–Crippen LogP) is 3.36. The number of alkyl halides is 4. The molecule has 2 nitrogen and oxygen atoms in total. The van der Waals surface area contributed by atoms with Gasteiger partial charge in [-0.2, -0.15) is 0 Å². The van der Waals surface area contributed by atoms with E-state index in [-0.39, 0.29) is 5.92 Å². The average molecular weight is 352 g/mol. The standard InChI is InChI=1S/C8H10Br2ClFO2/c1-7(2)3(4(7)6(13)14)5(9)8(10,11)12/h3-5H,1-2H3,(H,13,14)/t3-,4-,5?,8?/m0/s1. The molecule has 1 fully saturated rings. The van der Waals surface area contributed by atoms with Gasteiger partial charge in [-0.3, -0.25) is 4.79 Å². The molecule has 0 aliphatic heterocycles. The van der Waals surface area contributed by atoms with Crippen LogP contribution in [0.2, 0.25) is 0 Å². The lowest BCUT2D eigenvalue weighted by molar-refractivity contribution is -0.139. The highest BCUT2D eigenvalue weighted by Gasteiger charge is 2.67. The number of rotatable bonds is 3. The molecule has 0 spiro atoms. The van der Waals surface area contributed by atoms with Crippen LogP contribution in [-0.4, -0.2) is 19.9 Å². The maximum Gasteiger partial charge on any atom is 0.307 e. The van der Waals surface area contributed by atoms with Crippen molar-refractivity contribution in [2.24, 2.45) is 17.3 Å². The summed E-state index contributed by atoms with van der Waals surface area (Å²) >= 11 is 11.2. The SMILES string of the molecule is CC1(C)[C@H](C(=O)O)[C@H]1C(Br)C(F)(Cl)Br. The van der Waals surface area contributed by atoms with E-state index >= 15 is 0 Å². The van der Waals surface area contributed by atoms with Crippen LogP contribution >= 0.6 is 43.5 Å². The number of hydrogen-bond acceptors (Lipinski definition) is 1. The Kier molecular flexibility index (Phi) is 3.27. The number of carboxylic acids is 1. The zero-order valence-corrected chi connectivity index (χ0v) is 11.5. The van der Waals surface area contributed by atoms with Gasteiger partial charge < -0.3 is 5.11 Å². The molecular formula is C8H10Br2ClFO2. The molecule has 1 aliphatic rings. The maximum absolute atomic E-state index is 13.3. The lowest BCUT2D eigenvalue weighted by atomic mass is 10.1. The Hall–Kier alpha value is 0.650. The van der Waals surface area contributed by atoms with Crippen LogP contribution in [0.4, 0.5) is 4.39 Å². The molecule has 1 rings (SSSR count). The van der Waals surface area contributed by atoms with E-state index in [0.29, 0.717) is 0 Å². The van der Waals surface area contributed by atoms with E-state index in [1.54, 1.807) is 13.8 Å². The first-order chi connectivity index (χ1) is 6.10. The Morgan fingerprint density at radius 3 is 2.36 bits per heavy atom. The second-order valence-corrected chi connectivity index (χ2v) is 7.25. The highest BCUT2D eigenvalue weighted by Crippen LogP contribution is 2.64. The van der Waals surface area contributed by atoms with Gasteiger partial charge in [0.05, 0.1) is 10.7 Å². The van der Waals surface area contributed by atoms with Gasteiger partial charge in [-0.05, 0) is 27.3 Å². The van der Waals surface area contributed by atoms with Gasteiger partial charge >= 0.3 is 5.97 Å². The summed E-state index contributed by atoms with van der Waals surface area (Å²) in [6, 6.07) is 0. The van der Waals surface area contributed by atoms with Crippen molar-refractivity contribution in [1.82, 2.24) is 0 Å². The van der Waals surface area contributed by atoms with Crippen LogP contribution in [0.3, 0.4) is 0 Å². The summed E-state index contributed by atoms with van der Waals surface area (Å²) in [6.45, 7) is 3.58. The lowest BCUT2D eigenvalue weighted by Gasteiger charge is -2.18. The van der Waals surface area contributed by atoms with E-state index in [9.17, 15) is 9.18 Å². The van der Waals surface area contributed by atoms with Gasteiger partial charge in [0.2, 0.25) is 4.04 Å². The van der Waals surface area contributed by atoms with Crippen LogP contribution < -0.4 is 0 Å². The molecule has 0 aromatic carbocycles. The topological polar surface area (TPSA) is 37.3 Å². The van der Waals surface area contributed by atoms with E-state index in [1.165, 1.54) is 0 Å². The smallest absolute Gasteiger partial charge is 0.307 e. The molecule has 0 aromatic heterocycles. The third-order valence-corrected chi connectivity index (χ3v) is 5.61. The first-order valence-corrected chi connectivity index (χ1v) is 6.12. The summed E-state index contributed by atoms with van der Waals surface area (Å²) < 4.78 is 11.2. The van der Waals surface area contributed by atoms with Gasteiger partial charge in [0.25, 0.3) is 0 Å². The number of carbonyl (C=O) groups is 1. The Balaban J connectivity index is 2.79. The Morgan fingerprint density at radius 1 is 1.71 bits per heavy atom.